The Labute approximate surface area is 143 Å². The number of aromatic nitrogens is 1. The van der Waals surface area contributed by atoms with E-state index in [0.29, 0.717) is 6.61 Å². The summed E-state index contributed by atoms with van der Waals surface area (Å²) < 4.78 is 19.1. The van der Waals surface area contributed by atoms with Gasteiger partial charge >= 0.3 is 0 Å². The van der Waals surface area contributed by atoms with E-state index in [2.05, 4.69) is 4.98 Å². The summed E-state index contributed by atoms with van der Waals surface area (Å²) in [6.07, 6.45) is 0. The molecule has 0 fully saturated rings. The number of thiazole rings is 1. The van der Waals surface area contributed by atoms with Gasteiger partial charge < -0.3 is 4.74 Å². The summed E-state index contributed by atoms with van der Waals surface area (Å²) in [5.74, 6) is 0.413. The lowest BCUT2D eigenvalue weighted by Gasteiger charge is -2.05. The average molecular weight is 348 g/mol. The Bertz CT molecular complexity index is 847. The lowest BCUT2D eigenvalue weighted by atomic mass is 10.2. The number of halogens is 2. The standard InChI is InChI=1S/C18H15ClFNOS/c1-11-4-3-5-14(8-11)22-10-17-12(2)21-18(23-17)13-6-7-16(20)15(19)9-13/h3-9H,10H2,1-2H3. The highest BCUT2D eigenvalue weighted by Gasteiger charge is 2.12. The van der Waals surface area contributed by atoms with E-state index in [1.165, 1.54) is 17.4 Å². The topological polar surface area (TPSA) is 22.1 Å². The molecule has 0 aliphatic carbocycles. The Morgan fingerprint density at radius 2 is 2.00 bits per heavy atom. The normalized spacial score (nSPS) is 10.8. The van der Waals surface area contributed by atoms with Crippen LogP contribution in [0.1, 0.15) is 16.1 Å². The van der Waals surface area contributed by atoms with Gasteiger partial charge in [0, 0.05) is 5.56 Å². The highest BCUT2D eigenvalue weighted by Crippen LogP contribution is 2.31. The van der Waals surface area contributed by atoms with Crippen molar-refractivity contribution < 1.29 is 9.13 Å². The lowest BCUT2D eigenvalue weighted by molar-refractivity contribution is 0.308. The van der Waals surface area contributed by atoms with E-state index in [1.54, 1.807) is 12.1 Å². The van der Waals surface area contributed by atoms with E-state index in [-0.39, 0.29) is 5.02 Å². The molecule has 1 heterocycles. The van der Waals surface area contributed by atoms with E-state index in [4.69, 9.17) is 16.3 Å². The van der Waals surface area contributed by atoms with Gasteiger partial charge in [-0.2, -0.15) is 0 Å². The Morgan fingerprint density at radius 3 is 2.74 bits per heavy atom. The van der Waals surface area contributed by atoms with Crippen molar-refractivity contribution in [3.05, 3.63) is 69.4 Å². The zero-order chi connectivity index (χ0) is 16.4. The fraction of sp³-hybridized carbons (Fsp3) is 0.167. The summed E-state index contributed by atoms with van der Waals surface area (Å²) >= 11 is 7.38. The molecule has 0 aliphatic heterocycles. The molecule has 2 aromatic carbocycles. The van der Waals surface area contributed by atoms with Crippen LogP contribution in [0.3, 0.4) is 0 Å². The maximum Gasteiger partial charge on any atom is 0.141 e. The Balaban J connectivity index is 1.79. The minimum absolute atomic E-state index is 0.105. The van der Waals surface area contributed by atoms with Gasteiger partial charge in [0.05, 0.1) is 15.6 Å². The third kappa shape index (κ3) is 3.71. The van der Waals surface area contributed by atoms with Crippen molar-refractivity contribution in [2.75, 3.05) is 0 Å². The van der Waals surface area contributed by atoms with Crippen LogP contribution >= 0.6 is 22.9 Å². The van der Waals surface area contributed by atoms with Crippen molar-refractivity contribution >= 4 is 22.9 Å². The second-order valence-corrected chi connectivity index (χ2v) is 6.75. The molecule has 0 atom stereocenters. The fourth-order valence-electron chi connectivity index (χ4n) is 2.17. The van der Waals surface area contributed by atoms with Crippen LogP contribution in [0.5, 0.6) is 5.75 Å². The van der Waals surface area contributed by atoms with Crippen molar-refractivity contribution in [1.82, 2.24) is 4.98 Å². The number of nitrogens with zero attached hydrogens (tertiary/aromatic N) is 1. The third-order valence-electron chi connectivity index (χ3n) is 3.42. The zero-order valence-electron chi connectivity index (χ0n) is 12.8. The minimum atomic E-state index is -0.424. The van der Waals surface area contributed by atoms with Gasteiger partial charge in [-0.15, -0.1) is 11.3 Å². The molecule has 0 amide bonds. The number of ether oxygens (including phenoxy) is 1. The summed E-state index contributed by atoms with van der Waals surface area (Å²) in [7, 11) is 0. The van der Waals surface area contributed by atoms with Crippen molar-refractivity contribution in [3.63, 3.8) is 0 Å². The summed E-state index contributed by atoms with van der Waals surface area (Å²) in [6, 6.07) is 12.6. The summed E-state index contributed by atoms with van der Waals surface area (Å²) in [5.41, 5.74) is 2.88. The Kier molecular flexibility index (Phi) is 4.64. The lowest BCUT2D eigenvalue weighted by Crippen LogP contribution is -1.95. The summed E-state index contributed by atoms with van der Waals surface area (Å²) in [5, 5.41) is 0.917. The van der Waals surface area contributed by atoms with Crippen LogP contribution in [0.2, 0.25) is 5.02 Å². The summed E-state index contributed by atoms with van der Waals surface area (Å²) in [4.78, 5) is 5.58. The van der Waals surface area contributed by atoms with Crippen LogP contribution < -0.4 is 4.74 Å². The largest absolute Gasteiger partial charge is 0.488 e. The molecule has 0 N–H and O–H groups in total. The Hall–Kier alpha value is -1.91. The molecule has 0 aliphatic rings. The van der Waals surface area contributed by atoms with Gasteiger partial charge in [-0.3, -0.25) is 0 Å². The smallest absolute Gasteiger partial charge is 0.141 e. The molecule has 5 heteroatoms. The predicted molar refractivity (Wildman–Crippen MR) is 92.8 cm³/mol. The highest BCUT2D eigenvalue weighted by molar-refractivity contribution is 7.15. The second kappa shape index (κ2) is 6.69. The molecule has 118 valence electrons. The maximum absolute atomic E-state index is 13.3. The van der Waals surface area contributed by atoms with Crippen LogP contribution in [0.15, 0.2) is 42.5 Å². The molecule has 3 rings (SSSR count). The predicted octanol–water partition coefficient (Wildman–Crippen LogP) is 5.80. The molecule has 0 saturated carbocycles. The van der Waals surface area contributed by atoms with Crippen LogP contribution in [-0.4, -0.2) is 4.98 Å². The molecule has 0 spiro atoms. The zero-order valence-corrected chi connectivity index (χ0v) is 14.3. The number of hydrogen-bond donors (Lipinski definition) is 0. The molecule has 0 bridgehead atoms. The molecule has 23 heavy (non-hydrogen) atoms. The van der Waals surface area contributed by atoms with Crippen LogP contribution in [0, 0.1) is 19.7 Å². The molecule has 0 saturated heterocycles. The SMILES string of the molecule is Cc1cccc(OCc2sc(-c3ccc(F)c(Cl)c3)nc2C)c1. The second-order valence-electron chi connectivity index (χ2n) is 5.26. The van der Waals surface area contributed by atoms with Crippen molar-refractivity contribution in [1.29, 1.82) is 0 Å². The van der Waals surface area contributed by atoms with Crippen molar-refractivity contribution in [2.45, 2.75) is 20.5 Å². The molecular formula is C18H15ClFNOS. The van der Waals surface area contributed by atoms with Crippen LogP contribution in [-0.2, 0) is 6.61 Å². The van der Waals surface area contributed by atoms with E-state index in [1.807, 2.05) is 38.1 Å². The highest BCUT2D eigenvalue weighted by atomic mass is 35.5. The summed E-state index contributed by atoms with van der Waals surface area (Å²) in [6.45, 7) is 4.43. The van der Waals surface area contributed by atoms with Gasteiger partial charge in [0.25, 0.3) is 0 Å². The van der Waals surface area contributed by atoms with Gasteiger partial charge in [-0.1, -0.05) is 23.7 Å². The molecule has 3 aromatic rings. The van der Waals surface area contributed by atoms with E-state index in [9.17, 15) is 4.39 Å². The van der Waals surface area contributed by atoms with Crippen molar-refractivity contribution in [3.8, 4) is 16.3 Å². The first-order chi connectivity index (χ1) is 11.0. The van der Waals surface area contributed by atoms with E-state index in [0.717, 1.165) is 32.5 Å². The maximum atomic E-state index is 13.3. The fourth-order valence-corrected chi connectivity index (χ4v) is 3.32. The van der Waals surface area contributed by atoms with Gasteiger partial charge in [-0.25, -0.2) is 9.37 Å². The molecule has 0 radical (unpaired) electrons. The van der Waals surface area contributed by atoms with Gasteiger partial charge in [-0.05, 0) is 49.7 Å². The average Bonchev–Trinajstić information content (AvgIpc) is 2.89. The van der Waals surface area contributed by atoms with Gasteiger partial charge in [0.15, 0.2) is 0 Å². The number of hydrogen-bond acceptors (Lipinski definition) is 3. The molecule has 1 aromatic heterocycles. The first-order valence-corrected chi connectivity index (χ1v) is 8.33. The number of benzene rings is 2. The van der Waals surface area contributed by atoms with E-state index >= 15 is 0 Å². The molecular weight excluding hydrogens is 333 g/mol. The number of rotatable bonds is 4. The minimum Gasteiger partial charge on any atom is -0.488 e. The first kappa shape index (κ1) is 16.0. The van der Waals surface area contributed by atoms with Crippen molar-refractivity contribution in [2.24, 2.45) is 0 Å². The van der Waals surface area contributed by atoms with E-state index < -0.39 is 5.82 Å². The quantitative estimate of drug-likeness (QED) is 0.595. The number of aryl methyl sites for hydroxylation is 2. The van der Waals surface area contributed by atoms with Gasteiger partial charge in [0.2, 0.25) is 0 Å². The van der Waals surface area contributed by atoms with Crippen LogP contribution in [0.25, 0.3) is 10.6 Å². The molecule has 2 nitrogen and oxygen atoms in total. The monoisotopic (exact) mass is 347 g/mol. The Morgan fingerprint density at radius 1 is 1.17 bits per heavy atom. The van der Waals surface area contributed by atoms with Crippen LogP contribution in [0.4, 0.5) is 4.39 Å². The first-order valence-electron chi connectivity index (χ1n) is 7.14. The molecule has 0 unspecified atom stereocenters. The van der Waals surface area contributed by atoms with Gasteiger partial charge in [0.1, 0.15) is 23.2 Å². The third-order valence-corrected chi connectivity index (χ3v) is 4.89.